The maximum atomic E-state index is 13.2. The minimum atomic E-state index is -0.714. The number of anilines is 1. The van der Waals surface area contributed by atoms with Crippen LogP contribution in [0.5, 0.6) is 0 Å². The van der Waals surface area contributed by atoms with Crippen LogP contribution in [0.1, 0.15) is 66.2 Å². The van der Waals surface area contributed by atoms with Crippen LogP contribution in [0, 0.1) is 17.3 Å². The largest absolute Gasteiger partial charge is 0.465 e. The Morgan fingerprint density at radius 1 is 0.971 bits per heavy atom. The van der Waals surface area contributed by atoms with Crippen LogP contribution >= 0.6 is 0 Å². The number of amides is 2. The topological polar surface area (TPSA) is 137 Å². The molecule has 5 rings (SSSR count). The molecule has 4 aliphatic rings. The highest BCUT2D eigenvalue weighted by Gasteiger charge is 2.61. The molecule has 0 saturated heterocycles. The number of nitrogens with one attached hydrogen (secondary N) is 2. The van der Waals surface area contributed by atoms with Crippen molar-refractivity contribution in [1.29, 1.82) is 0 Å². The summed E-state index contributed by atoms with van der Waals surface area (Å²) in [7, 11) is 2.41. The summed E-state index contributed by atoms with van der Waals surface area (Å²) in [6.45, 7) is 0.942. The number of carbonyl (C=O) groups is 5. The monoisotopic (exact) mass is 486 g/mol. The normalized spacial score (nSPS) is 28.1. The van der Waals surface area contributed by atoms with Crippen molar-refractivity contribution >= 4 is 35.4 Å². The zero-order valence-corrected chi connectivity index (χ0v) is 20.1. The predicted molar refractivity (Wildman–Crippen MR) is 122 cm³/mol. The molecule has 0 radical (unpaired) electrons. The van der Waals surface area contributed by atoms with E-state index in [1.165, 1.54) is 39.3 Å². The molecule has 0 aromatic heterocycles. The summed E-state index contributed by atoms with van der Waals surface area (Å²) in [5.41, 5.74) is -0.891. The van der Waals surface area contributed by atoms with Crippen LogP contribution in [-0.2, 0) is 28.6 Å². The second-order valence-electron chi connectivity index (χ2n) is 10.1. The zero-order valence-electron chi connectivity index (χ0n) is 20.1. The average molecular weight is 487 g/mol. The maximum Gasteiger partial charge on any atom is 0.339 e. The molecule has 2 N–H and O–H groups in total. The predicted octanol–water partition coefficient (Wildman–Crippen LogP) is 2.22. The van der Waals surface area contributed by atoms with Crippen molar-refractivity contribution in [3.8, 4) is 0 Å². The van der Waals surface area contributed by atoms with Gasteiger partial charge in [-0.15, -0.1) is 0 Å². The van der Waals surface area contributed by atoms with E-state index in [0.29, 0.717) is 31.1 Å². The molecule has 1 aromatic carbocycles. The lowest BCUT2D eigenvalue weighted by Gasteiger charge is -2.60. The summed E-state index contributed by atoms with van der Waals surface area (Å²) >= 11 is 0. The van der Waals surface area contributed by atoms with Crippen molar-refractivity contribution in [2.24, 2.45) is 17.3 Å². The smallest absolute Gasteiger partial charge is 0.339 e. The van der Waals surface area contributed by atoms with Crippen LogP contribution in [0.15, 0.2) is 18.2 Å². The summed E-state index contributed by atoms with van der Waals surface area (Å²) < 4.78 is 14.9. The summed E-state index contributed by atoms with van der Waals surface area (Å²) in [4.78, 5) is 61.7. The van der Waals surface area contributed by atoms with Gasteiger partial charge in [-0.2, -0.15) is 0 Å². The fourth-order valence-corrected chi connectivity index (χ4v) is 6.67. The SMILES string of the molecule is COC(=O)c1ccc(C(=O)OC)c(NC(=O)COC(=O)C23C[C@H]4C[C@@H](CC(NC(C)=O)(C4)C2)C3)c1. The number of benzene rings is 1. The van der Waals surface area contributed by atoms with Crippen molar-refractivity contribution in [3.63, 3.8) is 0 Å². The van der Waals surface area contributed by atoms with Crippen molar-refractivity contribution < 1.29 is 38.2 Å². The van der Waals surface area contributed by atoms with Crippen LogP contribution in [0.3, 0.4) is 0 Å². The van der Waals surface area contributed by atoms with Gasteiger partial charge in [0.05, 0.1) is 36.4 Å². The quantitative estimate of drug-likeness (QED) is 0.442. The Morgan fingerprint density at radius 2 is 1.63 bits per heavy atom. The van der Waals surface area contributed by atoms with Crippen molar-refractivity contribution in [3.05, 3.63) is 29.3 Å². The highest BCUT2D eigenvalue weighted by atomic mass is 16.5. The molecule has 4 aliphatic carbocycles. The van der Waals surface area contributed by atoms with E-state index >= 15 is 0 Å². The number of methoxy groups -OCH3 is 2. The molecular formula is C25H30N2O8. The minimum absolute atomic E-state index is 0.0400. The van der Waals surface area contributed by atoms with Crippen molar-refractivity contribution in [2.45, 2.75) is 51.0 Å². The van der Waals surface area contributed by atoms with Gasteiger partial charge in [0.15, 0.2) is 6.61 Å². The van der Waals surface area contributed by atoms with Crippen molar-refractivity contribution in [1.82, 2.24) is 5.32 Å². The second-order valence-corrected chi connectivity index (χ2v) is 10.1. The van der Waals surface area contributed by atoms with Gasteiger partial charge < -0.3 is 24.8 Å². The third-order valence-electron chi connectivity index (χ3n) is 7.39. The molecule has 10 nitrogen and oxygen atoms in total. The second kappa shape index (κ2) is 9.31. The first-order valence-corrected chi connectivity index (χ1v) is 11.7. The van der Waals surface area contributed by atoms with Gasteiger partial charge in [-0.05, 0) is 68.6 Å². The lowest BCUT2D eigenvalue weighted by Crippen LogP contribution is -2.64. The standard InChI is InChI=1S/C25H30N2O8/c1-14(28)27-25-10-15-6-16(11-25)9-24(8-15,13-25)23(32)35-12-20(29)26-19-7-17(21(30)33-2)4-5-18(19)22(31)34-3/h4-5,7,15-16H,6,8-13H2,1-3H3,(H,26,29)(H,27,28)/t15-,16-,24?,25?/m1/s1. The average Bonchev–Trinajstić information content (AvgIpc) is 2.79. The fraction of sp³-hybridized carbons (Fsp3) is 0.560. The van der Waals surface area contributed by atoms with E-state index < -0.39 is 35.8 Å². The molecule has 4 bridgehead atoms. The van der Waals surface area contributed by atoms with Crippen LogP contribution in [0.25, 0.3) is 0 Å². The van der Waals surface area contributed by atoms with Gasteiger partial charge in [0.1, 0.15) is 0 Å². The summed E-state index contributed by atoms with van der Waals surface area (Å²) in [6, 6.07) is 4.02. The first-order valence-electron chi connectivity index (χ1n) is 11.7. The van der Waals surface area contributed by atoms with Crippen LogP contribution in [0.4, 0.5) is 5.69 Å². The molecule has 0 spiro atoms. The summed E-state index contributed by atoms with van der Waals surface area (Å²) in [5, 5.41) is 5.62. The first-order chi connectivity index (χ1) is 16.6. The number of hydrogen-bond donors (Lipinski definition) is 2. The van der Waals surface area contributed by atoms with E-state index in [0.717, 1.165) is 19.3 Å². The fourth-order valence-electron chi connectivity index (χ4n) is 6.67. The molecule has 0 unspecified atom stereocenters. The Hall–Kier alpha value is -3.43. The third-order valence-corrected chi connectivity index (χ3v) is 7.39. The molecular weight excluding hydrogens is 456 g/mol. The van der Waals surface area contributed by atoms with E-state index in [9.17, 15) is 24.0 Å². The van der Waals surface area contributed by atoms with E-state index in [1.807, 2.05) is 0 Å². The number of hydrogen-bond acceptors (Lipinski definition) is 8. The molecule has 35 heavy (non-hydrogen) atoms. The van der Waals surface area contributed by atoms with Crippen LogP contribution in [0.2, 0.25) is 0 Å². The van der Waals surface area contributed by atoms with E-state index in [4.69, 9.17) is 9.47 Å². The number of esters is 3. The Bertz CT molecular complexity index is 1070. The van der Waals surface area contributed by atoms with Crippen LogP contribution in [-0.4, -0.2) is 56.1 Å². The molecule has 2 amide bonds. The van der Waals surface area contributed by atoms with Gasteiger partial charge >= 0.3 is 17.9 Å². The molecule has 4 fully saturated rings. The number of rotatable bonds is 7. The Labute approximate surface area is 203 Å². The third kappa shape index (κ3) is 4.87. The van der Waals surface area contributed by atoms with Crippen LogP contribution < -0.4 is 10.6 Å². The number of carbonyl (C=O) groups excluding carboxylic acids is 5. The van der Waals surface area contributed by atoms with Crippen molar-refractivity contribution in [2.75, 3.05) is 26.1 Å². The van der Waals surface area contributed by atoms with Gasteiger partial charge in [0.25, 0.3) is 5.91 Å². The molecule has 10 heteroatoms. The zero-order chi connectivity index (χ0) is 25.4. The van der Waals surface area contributed by atoms with Gasteiger partial charge in [-0.3, -0.25) is 14.4 Å². The summed E-state index contributed by atoms with van der Waals surface area (Å²) in [5.74, 6) is -1.87. The van der Waals surface area contributed by atoms with E-state index in [2.05, 4.69) is 15.4 Å². The summed E-state index contributed by atoms with van der Waals surface area (Å²) in [6.07, 6.45) is 4.68. The molecule has 2 atom stereocenters. The molecule has 0 heterocycles. The Balaban J connectivity index is 1.45. The highest BCUT2D eigenvalue weighted by molar-refractivity contribution is 6.04. The lowest BCUT2D eigenvalue weighted by molar-refractivity contribution is -0.176. The maximum absolute atomic E-state index is 13.2. The Kier molecular flexibility index (Phi) is 6.57. The first kappa shape index (κ1) is 24.7. The Morgan fingerprint density at radius 3 is 2.23 bits per heavy atom. The highest BCUT2D eigenvalue weighted by Crippen LogP contribution is 2.62. The van der Waals surface area contributed by atoms with Gasteiger partial charge in [0.2, 0.25) is 5.91 Å². The lowest BCUT2D eigenvalue weighted by atomic mass is 9.47. The molecule has 4 saturated carbocycles. The van der Waals surface area contributed by atoms with Gasteiger partial charge in [0, 0.05) is 12.5 Å². The van der Waals surface area contributed by atoms with Gasteiger partial charge in [-0.1, -0.05) is 0 Å². The van der Waals surface area contributed by atoms with E-state index in [1.54, 1.807) is 0 Å². The number of ether oxygens (including phenoxy) is 3. The van der Waals surface area contributed by atoms with Gasteiger partial charge in [-0.25, -0.2) is 9.59 Å². The van der Waals surface area contributed by atoms with E-state index in [-0.39, 0.29) is 28.3 Å². The minimum Gasteiger partial charge on any atom is -0.465 e. The molecule has 0 aliphatic heterocycles. The molecule has 1 aromatic rings. The molecule has 188 valence electrons.